The van der Waals surface area contributed by atoms with Gasteiger partial charge >= 0.3 is 0 Å². The molecular weight excluding hydrogens is 240 g/mol. The van der Waals surface area contributed by atoms with Crippen LogP contribution in [0, 0.1) is 10.1 Å². The van der Waals surface area contributed by atoms with E-state index in [0.717, 1.165) is 23.2 Å². The summed E-state index contributed by atoms with van der Waals surface area (Å²) in [5.41, 5.74) is 8.43. The Morgan fingerprint density at radius 3 is 2.58 bits per heavy atom. The van der Waals surface area contributed by atoms with Crippen LogP contribution in [0.15, 0.2) is 54.6 Å². The Hall–Kier alpha value is -2.62. The van der Waals surface area contributed by atoms with Crippen molar-refractivity contribution >= 4 is 17.5 Å². The molecule has 0 atom stereocenters. The smallest absolute Gasteiger partial charge is 0.270 e. The Balaban J connectivity index is 2.04. The molecule has 0 saturated carbocycles. The van der Waals surface area contributed by atoms with Gasteiger partial charge in [0.1, 0.15) is 0 Å². The number of nitrogens with zero attached hydrogens (tertiary/aromatic N) is 1. The van der Waals surface area contributed by atoms with E-state index >= 15 is 0 Å². The number of nitro benzene ring substituents is 1. The molecule has 0 spiro atoms. The van der Waals surface area contributed by atoms with E-state index in [9.17, 15) is 10.1 Å². The number of hydrogen-bond donors (Lipinski definition) is 1. The van der Waals surface area contributed by atoms with Crippen LogP contribution >= 0.6 is 0 Å². The molecule has 19 heavy (non-hydrogen) atoms. The van der Waals surface area contributed by atoms with Gasteiger partial charge in [-0.15, -0.1) is 0 Å². The van der Waals surface area contributed by atoms with E-state index in [1.807, 2.05) is 42.5 Å². The summed E-state index contributed by atoms with van der Waals surface area (Å²) in [5, 5.41) is 10.6. The van der Waals surface area contributed by atoms with E-state index in [4.69, 9.17) is 5.73 Å². The molecule has 0 amide bonds. The molecule has 0 aromatic heterocycles. The summed E-state index contributed by atoms with van der Waals surface area (Å²) < 4.78 is 0. The zero-order chi connectivity index (χ0) is 13.7. The SMILES string of the molecule is Nc1ccc(CC=Cc2cccc([N+](=O)[O-])c2)cc1. The first-order valence-corrected chi connectivity index (χ1v) is 5.90. The number of hydrogen-bond acceptors (Lipinski definition) is 3. The van der Waals surface area contributed by atoms with E-state index in [1.165, 1.54) is 6.07 Å². The zero-order valence-corrected chi connectivity index (χ0v) is 10.3. The van der Waals surface area contributed by atoms with E-state index < -0.39 is 4.92 Å². The number of non-ortho nitro benzene ring substituents is 1. The maximum atomic E-state index is 10.6. The van der Waals surface area contributed by atoms with Crippen molar-refractivity contribution in [3.63, 3.8) is 0 Å². The second-order valence-electron chi connectivity index (χ2n) is 4.20. The van der Waals surface area contributed by atoms with Gasteiger partial charge in [-0.25, -0.2) is 0 Å². The van der Waals surface area contributed by atoms with Crippen molar-refractivity contribution in [1.82, 2.24) is 0 Å². The summed E-state index contributed by atoms with van der Waals surface area (Å²) in [6.45, 7) is 0. The predicted octanol–water partition coefficient (Wildman–Crippen LogP) is 3.43. The fourth-order valence-electron chi connectivity index (χ4n) is 1.73. The third-order valence-electron chi connectivity index (χ3n) is 2.72. The number of anilines is 1. The van der Waals surface area contributed by atoms with Crippen LogP contribution in [0.2, 0.25) is 0 Å². The van der Waals surface area contributed by atoms with Crippen molar-refractivity contribution in [2.45, 2.75) is 6.42 Å². The molecule has 2 aromatic rings. The van der Waals surface area contributed by atoms with Gasteiger partial charge in [0.15, 0.2) is 0 Å². The zero-order valence-electron chi connectivity index (χ0n) is 10.3. The first-order chi connectivity index (χ1) is 9.15. The average molecular weight is 254 g/mol. The third kappa shape index (κ3) is 3.67. The van der Waals surface area contributed by atoms with Crippen molar-refractivity contribution in [2.24, 2.45) is 0 Å². The van der Waals surface area contributed by atoms with Crippen LogP contribution in [-0.4, -0.2) is 4.92 Å². The van der Waals surface area contributed by atoms with Gasteiger partial charge < -0.3 is 5.73 Å². The van der Waals surface area contributed by atoms with E-state index in [-0.39, 0.29) is 5.69 Å². The Kier molecular flexibility index (Phi) is 3.93. The topological polar surface area (TPSA) is 69.2 Å². The van der Waals surface area contributed by atoms with Crippen LogP contribution in [-0.2, 0) is 6.42 Å². The standard InChI is InChI=1S/C15H14N2O2/c16-14-9-7-12(8-10-14)3-1-4-13-5-2-6-15(11-13)17(18)19/h1-2,4-11H,3,16H2. The van der Waals surface area contributed by atoms with Crippen LogP contribution in [0.3, 0.4) is 0 Å². The first-order valence-electron chi connectivity index (χ1n) is 5.90. The van der Waals surface area contributed by atoms with E-state index in [1.54, 1.807) is 12.1 Å². The molecule has 4 nitrogen and oxygen atoms in total. The molecule has 0 aliphatic carbocycles. The lowest BCUT2D eigenvalue weighted by Crippen LogP contribution is -1.87. The van der Waals surface area contributed by atoms with Crippen molar-refractivity contribution in [2.75, 3.05) is 5.73 Å². The lowest BCUT2D eigenvalue weighted by molar-refractivity contribution is -0.384. The average Bonchev–Trinajstić information content (AvgIpc) is 2.41. The minimum atomic E-state index is -0.392. The van der Waals surface area contributed by atoms with Gasteiger partial charge in [0.25, 0.3) is 5.69 Å². The van der Waals surface area contributed by atoms with Crippen LogP contribution in [0.4, 0.5) is 11.4 Å². The third-order valence-corrected chi connectivity index (χ3v) is 2.72. The van der Waals surface area contributed by atoms with E-state index in [0.29, 0.717) is 0 Å². The van der Waals surface area contributed by atoms with Crippen LogP contribution in [0.1, 0.15) is 11.1 Å². The van der Waals surface area contributed by atoms with Crippen LogP contribution < -0.4 is 5.73 Å². The van der Waals surface area contributed by atoms with Gasteiger partial charge in [-0.05, 0) is 29.7 Å². The lowest BCUT2D eigenvalue weighted by Gasteiger charge is -1.98. The molecule has 4 heteroatoms. The molecule has 0 aliphatic rings. The Morgan fingerprint density at radius 1 is 1.16 bits per heavy atom. The van der Waals surface area contributed by atoms with Gasteiger partial charge in [0.2, 0.25) is 0 Å². The molecule has 2 N–H and O–H groups in total. The monoisotopic (exact) mass is 254 g/mol. The fourth-order valence-corrected chi connectivity index (χ4v) is 1.73. The number of nitro groups is 1. The minimum absolute atomic E-state index is 0.106. The summed E-state index contributed by atoms with van der Waals surface area (Å²) in [6, 6.07) is 14.2. The van der Waals surface area contributed by atoms with Gasteiger partial charge in [-0.1, -0.05) is 36.4 Å². The number of rotatable bonds is 4. The van der Waals surface area contributed by atoms with E-state index in [2.05, 4.69) is 0 Å². The van der Waals surface area contributed by atoms with Gasteiger partial charge in [-0.2, -0.15) is 0 Å². The van der Waals surface area contributed by atoms with Crippen LogP contribution in [0.25, 0.3) is 6.08 Å². The summed E-state index contributed by atoms with van der Waals surface area (Å²) in [7, 11) is 0. The van der Waals surface area contributed by atoms with Gasteiger partial charge in [-0.3, -0.25) is 10.1 Å². The molecular formula is C15H14N2O2. The summed E-state index contributed by atoms with van der Waals surface area (Å²) >= 11 is 0. The van der Waals surface area contributed by atoms with Crippen LogP contribution in [0.5, 0.6) is 0 Å². The highest BCUT2D eigenvalue weighted by Crippen LogP contribution is 2.14. The maximum Gasteiger partial charge on any atom is 0.270 e. The quantitative estimate of drug-likeness (QED) is 0.516. The number of allylic oxidation sites excluding steroid dienone is 1. The first kappa shape index (κ1) is 12.8. The molecule has 2 aromatic carbocycles. The number of nitrogen functional groups attached to an aromatic ring is 1. The summed E-state index contributed by atoms with van der Waals surface area (Å²) in [5.74, 6) is 0. The van der Waals surface area contributed by atoms with Crippen molar-refractivity contribution < 1.29 is 4.92 Å². The molecule has 0 heterocycles. The molecule has 0 aliphatic heterocycles. The van der Waals surface area contributed by atoms with Crippen molar-refractivity contribution in [3.8, 4) is 0 Å². The van der Waals surface area contributed by atoms with Crippen molar-refractivity contribution in [1.29, 1.82) is 0 Å². The number of benzene rings is 2. The van der Waals surface area contributed by atoms with Gasteiger partial charge in [0.05, 0.1) is 4.92 Å². The molecule has 2 rings (SSSR count). The fraction of sp³-hybridized carbons (Fsp3) is 0.0667. The highest BCUT2D eigenvalue weighted by Gasteiger charge is 2.03. The molecule has 0 bridgehead atoms. The second-order valence-corrected chi connectivity index (χ2v) is 4.20. The molecule has 96 valence electrons. The molecule has 0 radical (unpaired) electrons. The lowest BCUT2D eigenvalue weighted by atomic mass is 10.1. The van der Waals surface area contributed by atoms with Gasteiger partial charge in [0, 0.05) is 17.8 Å². The molecule has 0 fully saturated rings. The largest absolute Gasteiger partial charge is 0.399 e. The Labute approximate surface area is 111 Å². The highest BCUT2D eigenvalue weighted by molar-refractivity contribution is 5.54. The Bertz CT molecular complexity index is 604. The molecule has 0 unspecified atom stereocenters. The summed E-state index contributed by atoms with van der Waals surface area (Å²) in [4.78, 5) is 10.3. The Morgan fingerprint density at radius 2 is 1.89 bits per heavy atom. The minimum Gasteiger partial charge on any atom is -0.399 e. The van der Waals surface area contributed by atoms with Crippen molar-refractivity contribution in [3.05, 3.63) is 75.8 Å². The predicted molar refractivity (Wildman–Crippen MR) is 76.7 cm³/mol. The summed E-state index contributed by atoms with van der Waals surface area (Å²) in [6.07, 6.45) is 4.62. The normalized spacial score (nSPS) is 10.7. The number of nitrogens with two attached hydrogens (primary N) is 1. The molecule has 0 saturated heterocycles. The second kappa shape index (κ2) is 5.82. The highest BCUT2D eigenvalue weighted by atomic mass is 16.6. The maximum absolute atomic E-state index is 10.6.